The van der Waals surface area contributed by atoms with Crippen molar-refractivity contribution < 1.29 is 8.42 Å². The van der Waals surface area contributed by atoms with Gasteiger partial charge in [0.15, 0.2) is 0 Å². The van der Waals surface area contributed by atoms with Gasteiger partial charge in [-0.1, -0.05) is 35.3 Å². The molecule has 2 aromatic carbocycles. The van der Waals surface area contributed by atoms with Crippen LogP contribution in [0.3, 0.4) is 0 Å². The van der Waals surface area contributed by atoms with Crippen molar-refractivity contribution >= 4 is 38.9 Å². The summed E-state index contributed by atoms with van der Waals surface area (Å²) in [4.78, 5) is 0.0000674. The summed E-state index contributed by atoms with van der Waals surface area (Å²) in [7, 11) is -3.72. The first-order chi connectivity index (χ1) is 8.88. The van der Waals surface area contributed by atoms with Crippen LogP contribution < -0.4 is 4.72 Å². The highest BCUT2D eigenvalue weighted by Crippen LogP contribution is 2.26. The van der Waals surface area contributed by atoms with Gasteiger partial charge in [-0.15, -0.1) is 0 Å². The van der Waals surface area contributed by atoms with Crippen molar-refractivity contribution in [1.29, 1.82) is 0 Å². The fourth-order valence-electron chi connectivity index (χ4n) is 1.61. The number of nitrogens with one attached hydrogen (secondary N) is 1. The number of anilines is 1. The van der Waals surface area contributed by atoms with E-state index in [9.17, 15) is 8.42 Å². The molecule has 0 aromatic heterocycles. The number of aryl methyl sites for hydroxylation is 1. The van der Waals surface area contributed by atoms with Crippen LogP contribution in [0.15, 0.2) is 47.4 Å². The maximum absolute atomic E-state index is 12.2. The molecule has 1 N–H and O–H groups in total. The van der Waals surface area contributed by atoms with Crippen LogP contribution in [0.4, 0.5) is 5.69 Å². The van der Waals surface area contributed by atoms with Gasteiger partial charge in [-0.25, -0.2) is 8.42 Å². The van der Waals surface area contributed by atoms with Crippen molar-refractivity contribution in [2.75, 3.05) is 4.72 Å². The summed E-state index contributed by atoms with van der Waals surface area (Å²) >= 11 is 11.7. The third kappa shape index (κ3) is 3.41. The Morgan fingerprint density at radius 1 is 1.05 bits per heavy atom. The number of halogens is 2. The molecule has 0 unspecified atom stereocenters. The Kier molecular flexibility index (Phi) is 4.04. The predicted octanol–water partition coefficient (Wildman–Crippen LogP) is 4.10. The van der Waals surface area contributed by atoms with Gasteiger partial charge in [0, 0.05) is 10.7 Å². The third-order valence-electron chi connectivity index (χ3n) is 2.45. The lowest BCUT2D eigenvalue weighted by atomic mass is 10.2. The minimum Gasteiger partial charge on any atom is -0.280 e. The third-order valence-corrected chi connectivity index (χ3v) is 4.55. The van der Waals surface area contributed by atoms with E-state index in [1.807, 2.05) is 13.0 Å². The first kappa shape index (κ1) is 14.2. The molecule has 0 saturated heterocycles. The Balaban J connectivity index is 2.38. The molecule has 0 amide bonds. The lowest BCUT2D eigenvalue weighted by Gasteiger charge is -2.10. The largest absolute Gasteiger partial charge is 0.280 e. The van der Waals surface area contributed by atoms with Crippen LogP contribution in [0.1, 0.15) is 5.56 Å². The zero-order chi connectivity index (χ0) is 14.0. The van der Waals surface area contributed by atoms with Crippen molar-refractivity contribution in [3.05, 3.63) is 58.1 Å². The van der Waals surface area contributed by atoms with E-state index in [0.29, 0.717) is 10.7 Å². The molecule has 3 nitrogen and oxygen atoms in total. The molecule has 6 heteroatoms. The Morgan fingerprint density at radius 3 is 2.42 bits per heavy atom. The van der Waals surface area contributed by atoms with E-state index in [4.69, 9.17) is 23.2 Å². The van der Waals surface area contributed by atoms with Gasteiger partial charge >= 0.3 is 0 Å². The maximum Gasteiger partial charge on any atom is 0.263 e. The number of sulfonamides is 1. The second kappa shape index (κ2) is 5.41. The Bertz CT molecular complexity index is 714. The van der Waals surface area contributed by atoms with Crippen LogP contribution in [-0.4, -0.2) is 8.42 Å². The summed E-state index contributed by atoms with van der Waals surface area (Å²) in [6.07, 6.45) is 0. The molecule has 0 aliphatic carbocycles. The van der Waals surface area contributed by atoms with E-state index in [-0.39, 0.29) is 9.92 Å². The smallest absolute Gasteiger partial charge is 0.263 e. The van der Waals surface area contributed by atoms with Crippen LogP contribution in [0.5, 0.6) is 0 Å². The van der Waals surface area contributed by atoms with Gasteiger partial charge in [-0.3, -0.25) is 4.72 Å². The van der Waals surface area contributed by atoms with Gasteiger partial charge in [0.25, 0.3) is 10.0 Å². The average molecular weight is 316 g/mol. The predicted molar refractivity (Wildman–Crippen MR) is 78.4 cm³/mol. The van der Waals surface area contributed by atoms with Gasteiger partial charge in [0.2, 0.25) is 0 Å². The van der Waals surface area contributed by atoms with Gasteiger partial charge in [0.05, 0.1) is 5.02 Å². The normalized spacial score (nSPS) is 11.3. The molecule has 0 radical (unpaired) electrons. The van der Waals surface area contributed by atoms with Crippen LogP contribution >= 0.6 is 23.2 Å². The van der Waals surface area contributed by atoms with Crippen molar-refractivity contribution in [3.63, 3.8) is 0 Å². The Hall–Kier alpha value is -1.23. The average Bonchev–Trinajstić information content (AvgIpc) is 2.27. The zero-order valence-electron chi connectivity index (χ0n) is 10.0. The lowest BCUT2D eigenvalue weighted by molar-refractivity contribution is 0.601. The molecule has 2 rings (SSSR count). The summed E-state index contributed by atoms with van der Waals surface area (Å²) in [5.74, 6) is 0. The van der Waals surface area contributed by atoms with Crippen LogP contribution in [0, 0.1) is 6.92 Å². The SMILES string of the molecule is Cc1cccc(NS(=O)(=O)c2ccc(Cl)cc2Cl)c1. The second-order valence-electron chi connectivity index (χ2n) is 4.05. The monoisotopic (exact) mass is 315 g/mol. The van der Waals surface area contributed by atoms with Crippen LogP contribution in [0.25, 0.3) is 0 Å². The number of hydrogen-bond donors (Lipinski definition) is 1. The fourth-order valence-corrected chi connectivity index (χ4v) is 3.44. The first-order valence-electron chi connectivity index (χ1n) is 5.43. The summed E-state index contributed by atoms with van der Waals surface area (Å²) in [5.41, 5.74) is 1.45. The highest BCUT2D eigenvalue weighted by Gasteiger charge is 2.18. The molecular weight excluding hydrogens is 305 g/mol. The number of rotatable bonds is 3. The van der Waals surface area contributed by atoms with E-state index in [1.54, 1.807) is 18.2 Å². The maximum atomic E-state index is 12.2. The number of benzene rings is 2. The minimum atomic E-state index is -3.72. The van der Waals surface area contributed by atoms with E-state index in [2.05, 4.69) is 4.72 Å². The molecule has 0 aliphatic heterocycles. The molecule has 0 atom stereocenters. The van der Waals surface area contributed by atoms with Crippen LogP contribution in [0.2, 0.25) is 10.0 Å². The Labute approximate surface area is 122 Å². The summed E-state index contributed by atoms with van der Waals surface area (Å²) in [6.45, 7) is 1.88. The van der Waals surface area contributed by atoms with Gasteiger partial charge in [-0.05, 0) is 42.8 Å². The first-order valence-corrected chi connectivity index (χ1v) is 7.67. The quantitative estimate of drug-likeness (QED) is 0.926. The van der Waals surface area contributed by atoms with Crippen molar-refractivity contribution in [2.24, 2.45) is 0 Å². The molecule has 0 bridgehead atoms. The standard InChI is InChI=1S/C13H11Cl2NO2S/c1-9-3-2-4-11(7-9)16-19(17,18)13-6-5-10(14)8-12(13)15/h2-8,16H,1H3. The molecule has 19 heavy (non-hydrogen) atoms. The summed E-state index contributed by atoms with van der Waals surface area (Å²) < 4.78 is 26.9. The Morgan fingerprint density at radius 2 is 1.79 bits per heavy atom. The molecule has 0 fully saturated rings. The number of hydrogen-bond acceptors (Lipinski definition) is 2. The summed E-state index contributed by atoms with van der Waals surface area (Å²) in [6, 6.07) is 11.3. The van der Waals surface area contributed by atoms with E-state index in [1.165, 1.54) is 18.2 Å². The second-order valence-corrected chi connectivity index (χ2v) is 6.54. The zero-order valence-corrected chi connectivity index (χ0v) is 12.4. The highest BCUT2D eigenvalue weighted by atomic mass is 35.5. The van der Waals surface area contributed by atoms with E-state index >= 15 is 0 Å². The van der Waals surface area contributed by atoms with Crippen molar-refractivity contribution in [2.45, 2.75) is 11.8 Å². The van der Waals surface area contributed by atoms with Gasteiger partial charge in [0.1, 0.15) is 4.90 Å². The molecule has 0 saturated carbocycles. The molecule has 0 heterocycles. The minimum absolute atomic E-state index is 0.0000674. The molecule has 0 spiro atoms. The van der Waals surface area contributed by atoms with E-state index in [0.717, 1.165) is 5.56 Å². The van der Waals surface area contributed by atoms with Crippen LogP contribution in [-0.2, 0) is 10.0 Å². The molecule has 2 aromatic rings. The van der Waals surface area contributed by atoms with E-state index < -0.39 is 10.0 Å². The van der Waals surface area contributed by atoms with Gasteiger partial charge < -0.3 is 0 Å². The fraction of sp³-hybridized carbons (Fsp3) is 0.0769. The molecular formula is C13H11Cl2NO2S. The topological polar surface area (TPSA) is 46.2 Å². The van der Waals surface area contributed by atoms with Gasteiger partial charge in [-0.2, -0.15) is 0 Å². The van der Waals surface area contributed by atoms with Crippen molar-refractivity contribution in [1.82, 2.24) is 0 Å². The van der Waals surface area contributed by atoms with Crippen molar-refractivity contribution in [3.8, 4) is 0 Å². The molecule has 100 valence electrons. The lowest BCUT2D eigenvalue weighted by Crippen LogP contribution is -2.13. The molecule has 0 aliphatic rings. The summed E-state index contributed by atoms with van der Waals surface area (Å²) in [5, 5.41) is 0.479. The highest BCUT2D eigenvalue weighted by molar-refractivity contribution is 7.92.